The maximum Gasteiger partial charge on any atom is 0.266 e. The highest BCUT2D eigenvalue weighted by molar-refractivity contribution is 7.91. The highest BCUT2D eigenvalue weighted by atomic mass is 32.2. The smallest absolute Gasteiger partial charge is 0.266 e. The summed E-state index contributed by atoms with van der Waals surface area (Å²) in [4.78, 5) is 4.06. The lowest BCUT2D eigenvalue weighted by atomic mass is 10.1. The van der Waals surface area contributed by atoms with Crippen LogP contribution in [0.2, 0.25) is 0 Å². The summed E-state index contributed by atoms with van der Waals surface area (Å²) in [7, 11) is -4.03. The number of benzene rings is 2. The molecule has 0 unspecified atom stereocenters. The minimum absolute atomic E-state index is 0.0108. The van der Waals surface area contributed by atoms with Crippen LogP contribution < -0.4 is 5.32 Å². The van der Waals surface area contributed by atoms with Crippen molar-refractivity contribution >= 4 is 15.7 Å². The molecule has 0 bridgehead atoms. The van der Waals surface area contributed by atoms with E-state index >= 15 is 0 Å². The zero-order chi connectivity index (χ0) is 20.3. The van der Waals surface area contributed by atoms with Crippen LogP contribution in [0.25, 0.3) is 11.7 Å². The number of anilines is 1. The fourth-order valence-electron chi connectivity index (χ4n) is 2.80. The molecule has 0 aliphatic rings. The molecule has 1 N–H and O–H groups in total. The first-order valence-electron chi connectivity index (χ1n) is 8.87. The van der Waals surface area contributed by atoms with E-state index in [0.717, 1.165) is 17.7 Å². The molecule has 0 saturated carbocycles. The average Bonchev–Trinajstić information content (AvgIpc) is 3.39. The molecule has 0 amide bonds. The first-order valence-corrected chi connectivity index (χ1v) is 10.4. The topological polar surface area (TPSA) is 85.3 Å². The van der Waals surface area contributed by atoms with Gasteiger partial charge in [0.1, 0.15) is 5.82 Å². The number of furan rings is 1. The van der Waals surface area contributed by atoms with Gasteiger partial charge in [0.2, 0.25) is 20.7 Å². The van der Waals surface area contributed by atoms with Gasteiger partial charge >= 0.3 is 0 Å². The molecular weight excluding hydrogens is 395 g/mol. The Kier molecular flexibility index (Phi) is 5.18. The van der Waals surface area contributed by atoms with Crippen molar-refractivity contribution in [3.05, 3.63) is 84.4 Å². The van der Waals surface area contributed by atoms with Crippen LogP contribution in [0.4, 0.5) is 10.3 Å². The number of sulfone groups is 1. The molecule has 2 aromatic carbocycles. The Morgan fingerprint density at radius 2 is 1.72 bits per heavy atom. The van der Waals surface area contributed by atoms with Crippen LogP contribution in [0.3, 0.4) is 0 Å². The van der Waals surface area contributed by atoms with Gasteiger partial charge in [-0.05, 0) is 48.4 Å². The van der Waals surface area contributed by atoms with E-state index in [2.05, 4.69) is 10.3 Å². The first-order chi connectivity index (χ1) is 14.0. The fraction of sp³-hybridized carbons (Fsp3) is 0.0952. The summed E-state index contributed by atoms with van der Waals surface area (Å²) in [6, 6.07) is 17.6. The van der Waals surface area contributed by atoms with Crippen molar-refractivity contribution in [1.29, 1.82) is 0 Å². The van der Waals surface area contributed by atoms with E-state index in [-0.39, 0.29) is 21.7 Å². The Morgan fingerprint density at radius 3 is 2.41 bits per heavy atom. The Labute approximate surface area is 166 Å². The Hall–Kier alpha value is -3.39. The number of rotatable bonds is 7. The molecule has 2 aromatic heterocycles. The first kappa shape index (κ1) is 18.9. The van der Waals surface area contributed by atoms with Gasteiger partial charge < -0.3 is 14.2 Å². The van der Waals surface area contributed by atoms with Crippen molar-refractivity contribution in [1.82, 2.24) is 4.98 Å². The predicted octanol–water partition coefficient (Wildman–Crippen LogP) is 4.56. The van der Waals surface area contributed by atoms with Crippen LogP contribution in [0.5, 0.6) is 0 Å². The lowest BCUT2D eigenvalue weighted by Crippen LogP contribution is -2.09. The molecular formula is C21H17FN2O4S. The average molecular weight is 412 g/mol. The summed E-state index contributed by atoms with van der Waals surface area (Å²) < 4.78 is 50.3. The van der Waals surface area contributed by atoms with Crippen molar-refractivity contribution < 1.29 is 21.6 Å². The van der Waals surface area contributed by atoms with Crippen LogP contribution in [-0.4, -0.2) is 19.9 Å². The van der Waals surface area contributed by atoms with Gasteiger partial charge in [0.15, 0.2) is 5.76 Å². The van der Waals surface area contributed by atoms with E-state index in [1.165, 1.54) is 18.4 Å². The predicted molar refractivity (Wildman–Crippen MR) is 105 cm³/mol. The molecule has 0 radical (unpaired) electrons. The van der Waals surface area contributed by atoms with Gasteiger partial charge in [0.05, 0.1) is 11.2 Å². The zero-order valence-electron chi connectivity index (χ0n) is 15.2. The van der Waals surface area contributed by atoms with Crippen LogP contribution in [0.15, 0.2) is 91.7 Å². The minimum Gasteiger partial charge on any atom is -0.459 e. The summed E-state index contributed by atoms with van der Waals surface area (Å²) >= 11 is 0. The number of nitrogens with one attached hydrogen (secondary N) is 1. The number of aromatic nitrogens is 1. The van der Waals surface area contributed by atoms with E-state index in [9.17, 15) is 12.8 Å². The molecule has 8 heteroatoms. The van der Waals surface area contributed by atoms with Gasteiger partial charge in [-0.25, -0.2) is 12.8 Å². The van der Waals surface area contributed by atoms with E-state index < -0.39 is 15.7 Å². The summed E-state index contributed by atoms with van der Waals surface area (Å²) in [6.07, 6.45) is 2.10. The second-order valence-corrected chi connectivity index (χ2v) is 8.12. The van der Waals surface area contributed by atoms with Crippen LogP contribution in [-0.2, 0) is 16.3 Å². The van der Waals surface area contributed by atoms with Gasteiger partial charge in [0.25, 0.3) is 5.89 Å². The molecule has 4 aromatic rings. The molecule has 0 fully saturated rings. The molecule has 0 saturated heterocycles. The van der Waals surface area contributed by atoms with Crippen LogP contribution in [0, 0.1) is 5.82 Å². The summed E-state index contributed by atoms with van der Waals surface area (Å²) in [5, 5.41) is 2.73. The maximum absolute atomic E-state index is 13.2. The van der Waals surface area contributed by atoms with E-state index in [0.29, 0.717) is 18.7 Å². The summed E-state index contributed by atoms with van der Waals surface area (Å²) in [6.45, 7) is 0.433. The van der Waals surface area contributed by atoms with Crippen LogP contribution in [0.1, 0.15) is 5.56 Å². The lowest BCUT2D eigenvalue weighted by Gasteiger charge is -2.06. The number of nitrogens with zero attached hydrogens (tertiary/aromatic N) is 1. The Morgan fingerprint density at radius 1 is 0.966 bits per heavy atom. The van der Waals surface area contributed by atoms with Crippen molar-refractivity contribution in [2.45, 2.75) is 16.3 Å². The van der Waals surface area contributed by atoms with Crippen molar-refractivity contribution in [3.63, 3.8) is 0 Å². The molecule has 2 heterocycles. The third kappa shape index (κ3) is 4.07. The Bertz CT molecular complexity index is 1190. The molecule has 0 atom stereocenters. The van der Waals surface area contributed by atoms with E-state index in [1.54, 1.807) is 12.1 Å². The number of oxazole rings is 1. The molecule has 0 spiro atoms. The molecule has 148 valence electrons. The largest absolute Gasteiger partial charge is 0.459 e. The number of halogens is 1. The second-order valence-electron chi connectivity index (χ2n) is 6.25. The van der Waals surface area contributed by atoms with Crippen molar-refractivity contribution in [2.24, 2.45) is 0 Å². The minimum atomic E-state index is -4.03. The third-order valence-electron chi connectivity index (χ3n) is 4.25. The lowest BCUT2D eigenvalue weighted by molar-refractivity contribution is 0.522. The highest BCUT2D eigenvalue weighted by Gasteiger charge is 2.29. The third-order valence-corrected chi connectivity index (χ3v) is 5.93. The molecule has 6 nitrogen and oxygen atoms in total. The quantitative estimate of drug-likeness (QED) is 0.448. The molecule has 29 heavy (non-hydrogen) atoms. The molecule has 0 aliphatic heterocycles. The Balaban J connectivity index is 1.66. The summed E-state index contributed by atoms with van der Waals surface area (Å²) in [5.74, 6) is -0.173. The van der Waals surface area contributed by atoms with Gasteiger partial charge in [-0.2, -0.15) is 4.98 Å². The highest BCUT2D eigenvalue weighted by Crippen LogP contribution is 2.32. The van der Waals surface area contributed by atoms with Crippen LogP contribution >= 0.6 is 0 Å². The normalized spacial score (nSPS) is 11.5. The van der Waals surface area contributed by atoms with Gasteiger partial charge in [-0.3, -0.25) is 0 Å². The van der Waals surface area contributed by atoms with Gasteiger partial charge in [-0.1, -0.05) is 30.3 Å². The fourth-order valence-corrected chi connectivity index (χ4v) is 4.07. The standard InChI is InChI=1S/C21H17FN2O4S/c22-16-8-10-17(11-9-16)29(25,26)21-20(23-13-12-15-5-2-1-3-6-15)28-19(24-21)18-7-4-14-27-18/h1-11,14,23H,12-13H2. The van der Waals surface area contributed by atoms with Crippen molar-refractivity contribution in [3.8, 4) is 11.7 Å². The molecule has 0 aliphatic carbocycles. The summed E-state index contributed by atoms with van der Waals surface area (Å²) in [5.41, 5.74) is 1.09. The number of hydrogen-bond donors (Lipinski definition) is 1. The van der Waals surface area contributed by atoms with Gasteiger partial charge in [0, 0.05) is 6.54 Å². The van der Waals surface area contributed by atoms with E-state index in [4.69, 9.17) is 8.83 Å². The number of hydrogen-bond acceptors (Lipinski definition) is 6. The molecule has 4 rings (SSSR count). The zero-order valence-corrected chi connectivity index (χ0v) is 16.0. The van der Waals surface area contributed by atoms with Gasteiger partial charge in [-0.15, -0.1) is 0 Å². The van der Waals surface area contributed by atoms with E-state index in [1.807, 2.05) is 30.3 Å². The maximum atomic E-state index is 13.2. The monoisotopic (exact) mass is 412 g/mol. The second kappa shape index (κ2) is 7.92. The van der Waals surface area contributed by atoms with Crippen molar-refractivity contribution in [2.75, 3.05) is 11.9 Å². The SMILES string of the molecule is O=S(=O)(c1ccc(F)cc1)c1nc(-c2ccco2)oc1NCCc1ccccc1.